The first kappa shape index (κ1) is 12.0. The number of β-lactam (4-membered cyclic amide) rings is 1. The number of thioether (sulfide) groups is 1. The van der Waals surface area contributed by atoms with Crippen LogP contribution in [0.1, 0.15) is 12.8 Å². The Hall–Kier alpha value is -1.05. The summed E-state index contributed by atoms with van der Waals surface area (Å²) in [4.78, 5) is 24.4. The largest absolute Gasteiger partial charge is 0.477 e. The first-order chi connectivity index (χ1) is 8.61. The van der Waals surface area contributed by atoms with E-state index in [1.165, 1.54) is 16.7 Å². The van der Waals surface area contributed by atoms with Crippen LogP contribution in [0.5, 0.6) is 0 Å². The summed E-state index contributed by atoms with van der Waals surface area (Å²) in [5, 5.41) is 9.11. The molecule has 3 heterocycles. The molecule has 0 aromatic carbocycles. The van der Waals surface area contributed by atoms with Crippen LogP contribution in [0.25, 0.3) is 0 Å². The van der Waals surface area contributed by atoms with Crippen molar-refractivity contribution >= 4 is 23.6 Å². The Labute approximate surface area is 108 Å². The number of nitrogens with two attached hydrogens (primary N) is 1. The number of fused-ring (bicyclic) bond motifs is 1. The number of carboxylic acids is 1. The molecule has 2 saturated heterocycles. The molecule has 0 aromatic heterocycles. The molecule has 7 heteroatoms. The van der Waals surface area contributed by atoms with Crippen molar-refractivity contribution in [3.05, 3.63) is 11.3 Å². The maximum atomic E-state index is 11.7. The third kappa shape index (κ3) is 1.58. The van der Waals surface area contributed by atoms with Crippen LogP contribution in [0.2, 0.25) is 0 Å². The third-order valence-electron chi connectivity index (χ3n) is 3.56. The van der Waals surface area contributed by atoms with Crippen LogP contribution in [0, 0.1) is 0 Å². The van der Waals surface area contributed by atoms with Gasteiger partial charge in [0.15, 0.2) is 0 Å². The zero-order valence-corrected chi connectivity index (χ0v) is 10.5. The monoisotopic (exact) mass is 270 g/mol. The molecule has 6 nitrogen and oxygen atoms in total. The van der Waals surface area contributed by atoms with Crippen LogP contribution in [0.15, 0.2) is 11.3 Å². The molecule has 18 heavy (non-hydrogen) atoms. The summed E-state index contributed by atoms with van der Waals surface area (Å²) in [5.74, 6) is -0.791. The van der Waals surface area contributed by atoms with E-state index in [2.05, 4.69) is 0 Å². The quantitative estimate of drug-likeness (QED) is 0.672. The van der Waals surface area contributed by atoms with Gasteiger partial charge in [0.25, 0.3) is 0 Å². The van der Waals surface area contributed by atoms with E-state index in [0.717, 1.165) is 18.4 Å². The summed E-state index contributed by atoms with van der Waals surface area (Å²) >= 11 is 1.52. The van der Waals surface area contributed by atoms with E-state index in [1.54, 1.807) is 0 Å². The van der Waals surface area contributed by atoms with Crippen LogP contribution in [-0.4, -0.2) is 51.8 Å². The number of carbonyl (C=O) groups excluding carboxylic acids is 1. The molecule has 3 N–H and O–H groups in total. The maximum Gasteiger partial charge on any atom is 0.352 e. The van der Waals surface area contributed by atoms with Crippen molar-refractivity contribution in [2.24, 2.45) is 5.73 Å². The van der Waals surface area contributed by atoms with Gasteiger partial charge in [0.1, 0.15) is 17.1 Å². The zero-order valence-electron chi connectivity index (χ0n) is 9.67. The lowest BCUT2D eigenvalue weighted by atomic mass is 10.00. The molecule has 98 valence electrons. The molecule has 3 atom stereocenters. The van der Waals surface area contributed by atoms with Crippen molar-refractivity contribution in [3.8, 4) is 0 Å². The SMILES string of the molecule is NC1C(=O)N2C(C(=O)O)=C([C@H]3CCCO3)CS[C@@H]12. The Morgan fingerprint density at radius 1 is 1.56 bits per heavy atom. The van der Waals surface area contributed by atoms with E-state index in [-0.39, 0.29) is 23.1 Å². The van der Waals surface area contributed by atoms with Gasteiger partial charge in [0.05, 0.1) is 6.10 Å². The average Bonchev–Trinajstić information content (AvgIpc) is 2.89. The summed E-state index contributed by atoms with van der Waals surface area (Å²) in [6.07, 6.45) is 1.60. The number of ether oxygens (including phenoxy) is 1. The van der Waals surface area contributed by atoms with E-state index >= 15 is 0 Å². The van der Waals surface area contributed by atoms with Crippen LogP contribution in [0.4, 0.5) is 0 Å². The van der Waals surface area contributed by atoms with Crippen LogP contribution >= 0.6 is 11.8 Å². The lowest BCUT2D eigenvalue weighted by Gasteiger charge is -2.48. The molecule has 3 aliphatic rings. The van der Waals surface area contributed by atoms with Crippen LogP contribution in [-0.2, 0) is 14.3 Å². The summed E-state index contributed by atoms with van der Waals surface area (Å²) in [6.45, 7) is 0.655. The van der Waals surface area contributed by atoms with Gasteiger partial charge < -0.3 is 15.6 Å². The first-order valence-corrected chi connectivity index (χ1v) is 6.94. The summed E-state index contributed by atoms with van der Waals surface area (Å²) in [7, 11) is 0. The van der Waals surface area contributed by atoms with Gasteiger partial charge in [0, 0.05) is 12.4 Å². The highest BCUT2D eigenvalue weighted by Gasteiger charge is 2.52. The molecule has 1 unspecified atom stereocenters. The Morgan fingerprint density at radius 3 is 2.94 bits per heavy atom. The Morgan fingerprint density at radius 2 is 2.33 bits per heavy atom. The average molecular weight is 270 g/mol. The van der Waals surface area contributed by atoms with Gasteiger partial charge in [-0.25, -0.2) is 4.79 Å². The number of amides is 1. The van der Waals surface area contributed by atoms with Gasteiger partial charge in [-0.05, 0) is 18.4 Å². The molecule has 0 spiro atoms. The topological polar surface area (TPSA) is 92.9 Å². The second-order valence-electron chi connectivity index (χ2n) is 4.62. The highest BCUT2D eigenvalue weighted by atomic mass is 32.2. The fourth-order valence-corrected chi connectivity index (χ4v) is 3.99. The van der Waals surface area contributed by atoms with Crippen molar-refractivity contribution < 1.29 is 19.4 Å². The maximum absolute atomic E-state index is 11.7. The molecule has 0 aromatic rings. The number of hydrogen-bond acceptors (Lipinski definition) is 5. The van der Waals surface area contributed by atoms with E-state index in [0.29, 0.717) is 12.4 Å². The van der Waals surface area contributed by atoms with Crippen molar-refractivity contribution in [2.45, 2.75) is 30.4 Å². The number of carbonyl (C=O) groups is 2. The number of hydrogen-bond donors (Lipinski definition) is 2. The van der Waals surface area contributed by atoms with Gasteiger partial charge in [0.2, 0.25) is 5.91 Å². The minimum Gasteiger partial charge on any atom is -0.477 e. The second kappa shape index (κ2) is 4.25. The molecule has 0 radical (unpaired) electrons. The zero-order chi connectivity index (χ0) is 12.9. The first-order valence-electron chi connectivity index (χ1n) is 5.89. The smallest absolute Gasteiger partial charge is 0.352 e. The lowest BCUT2D eigenvalue weighted by molar-refractivity contribution is -0.148. The molecule has 3 aliphatic heterocycles. The van der Waals surface area contributed by atoms with Gasteiger partial charge in [-0.1, -0.05) is 0 Å². The van der Waals surface area contributed by atoms with Crippen LogP contribution in [0.3, 0.4) is 0 Å². The van der Waals surface area contributed by atoms with E-state index < -0.39 is 12.0 Å². The molecule has 3 rings (SSSR count). The predicted molar refractivity (Wildman–Crippen MR) is 64.7 cm³/mol. The Bertz CT molecular complexity index is 444. The summed E-state index contributed by atoms with van der Waals surface area (Å²) in [6, 6.07) is -0.574. The van der Waals surface area contributed by atoms with E-state index in [1.807, 2.05) is 0 Å². The van der Waals surface area contributed by atoms with Gasteiger partial charge in [-0.2, -0.15) is 0 Å². The van der Waals surface area contributed by atoms with E-state index in [4.69, 9.17) is 10.5 Å². The van der Waals surface area contributed by atoms with Crippen molar-refractivity contribution in [1.82, 2.24) is 4.90 Å². The summed E-state index contributed by atoms with van der Waals surface area (Å²) in [5.41, 5.74) is 6.50. The molecule has 2 fully saturated rings. The lowest BCUT2D eigenvalue weighted by Crippen LogP contribution is -2.68. The molecule has 0 bridgehead atoms. The van der Waals surface area contributed by atoms with Crippen molar-refractivity contribution in [2.75, 3.05) is 12.4 Å². The minimum atomic E-state index is -1.06. The predicted octanol–water partition coefficient (Wildman–Crippen LogP) is -0.253. The molecule has 0 aliphatic carbocycles. The van der Waals surface area contributed by atoms with Gasteiger partial charge in [-0.3, -0.25) is 9.69 Å². The normalized spacial score (nSPS) is 35.5. The van der Waals surface area contributed by atoms with Crippen molar-refractivity contribution in [3.63, 3.8) is 0 Å². The molecular weight excluding hydrogens is 256 g/mol. The molecular formula is C11H14N2O4S. The van der Waals surface area contributed by atoms with Gasteiger partial charge >= 0.3 is 5.97 Å². The standard InChI is InChI=1S/C11H14N2O4S/c12-7-9(14)13-8(11(15)16)5(4-18-10(7)13)6-2-1-3-17-6/h6-7,10H,1-4,12H2,(H,15,16)/t6-,7?,10+/m1/s1. The second-order valence-corrected chi connectivity index (χ2v) is 5.72. The number of rotatable bonds is 2. The fraction of sp³-hybridized carbons (Fsp3) is 0.636. The minimum absolute atomic E-state index is 0.0948. The highest BCUT2D eigenvalue weighted by molar-refractivity contribution is 8.00. The number of aliphatic carboxylic acids is 1. The Balaban J connectivity index is 1.97. The van der Waals surface area contributed by atoms with Gasteiger partial charge in [-0.15, -0.1) is 11.8 Å². The Kier molecular flexibility index (Phi) is 2.84. The van der Waals surface area contributed by atoms with E-state index in [9.17, 15) is 14.7 Å². The fourth-order valence-electron chi connectivity index (χ4n) is 2.64. The summed E-state index contributed by atoms with van der Waals surface area (Å²) < 4.78 is 5.54. The molecule has 1 amide bonds. The number of carboxylic acid groups (broad SMARTS) is 1. The van der Waals surface area contributed by atoms with Crippen molar-refractivity contribution in [1.29, 1.82) is 0 Å². The third-order valence-corrected chi connectivity index (χ3v) is 4.88. The number of nitrogens with zero attached hydrogens (tertiary/aromatic N) is 1. The molecule has 0 saturated carbocycles. The highest BCUT2D eigenvalue weighted by Crippen LogP contribution is 2.41. The van der Waals surface area contributed by atoms with Crippen LogP contribution < -0.4 is 5.73 Å².